The monoisotopic (exact) mass is 97.1 g/mol. The number of hydrogen-bond acceptors (Lipinski definition) is 2. The van der Waals surface area contributed by atoms with Gasteiger partial charge in [-0.1, -0.05) is 0 Å². The molecule has 0 saturated heterocycles. The second-order valence-electron chi connectivity index (χ2n) is 1.55. The summed E-state index contributed by atoms with van der Waals surface area (Å²) in [6, 6.07) is 0. The highest BCUT2D eigenvalue weighted by molar-refractivity contribution is 5.49. The molecule has 2 heteroatoms. The molecule has 0 fully saturated rings. The van der Waals surface area contributed by atoms with Gasteiger partial charge in [-0.2, -0.15) is 0 Å². The van der Waals surface area contributed by atoms with Crippen molar-refractivity contribution in [3.63, 3.8) is 0 Å². The van der Waals surface area contributed by atoms with Gasteiger partial charge in [0.15, 0.2) is 6.40 Å². The molecule has 0 aromatic rings. The highest BCUT2D eigenvalue weighted by Crippen LogP contribution is 1.96. The summed E-state index contributed by atoms with van der Waals surface area (Å²) in [5.41, 5.74) is 1.17. The molecule has 0 spiro atoms. The van der Waals surface area contributed by atoms with Crippen molar-refractivity contribution >= 4 is 6.40 Å². The lowest BCUT2D eigenvalue weighted by atomic mass is 10.3. The van der Waals surface area contributed by atoms with Gasteiger partial charge in [0.25, 0.3) is 0 Å². The average molecular weight is 97.1 g/mol. The van der Waals surface area contributed by atoms with Crippen LogP contribution in [0.4, 0.5) is 0 Å². The molecule has 0 unspecified atom stereocenters. The SMILES string of the molecule is CC1=COC=NC1. The fourth-order valence-electron chi connectivity index (χ4n) is 0.408. The summed E-state index contributed by atoms with van der Waals surface area (Å²) < 4.78 is 4.73. The molecule has 0 aliphatic carbocycles. The molecule has 2 nitrogen and oxygen atoms in total. The minimum Gasteiger partial charge on any atom is -0.454 e. The highest BCUT2D eigenvalue weighted by Gasteiger charge is 1.88. The summed E-state index contributed by atoms with van der Waals surface area (Å²) in [6.07, 6.45) is 3.15. The van der Waals surface area contributed by atoms with E-state index in [2.05, 4.69) is 4.99 Å². The van der Waals surface area contributed by atoms with E-state index in [1.165, 1.54) is 12.0 Å². The van der Waals surface area contributed by atoms with Gasteiger partial charge in [-0.3, -0.25) is 4.99 Å². The van der Waals surface area contributed by atoms with Crippen LogP contribution in [-0.2, 0) is 4.74 Å². The van der Waals surface area contributed by atoms with Crippen LogP contribution >= 0.6 is 0 Å². The van der Waals surface area contributed by atoms with Crippen LogP contribution in [0.3, 0.4) is 0 Å². The molecule has 7 heavy (non-hydrogen) atoms. The molecule has 0 amide bonds. The van der Waals surface area contributed by atoms with Crippen LogP contribution in [0.2, 0.25) is 0 Å². The fraction of sp³-hybridized carbons (Fsp3) is 0.400. The molecular weight excluding hydrogens is 90.1 g/mol. The molecule has 1 heterocycles. The van der Waals surface area contributed by atoms with E-state index in [-0.39, 0.29) is 0 Å². The van der Waals surface area contributed by atoms with Crippen molar-refractivity contribution in [1.29, 1.82) is 0 Å². The van der Waals surface area contributed by atoms with Gasteiger partial charge in [0, 0.05) is 0 Å². The van der Waals surface area contributed by atoms with Gasteiger partial charge in [-0.15, -0.1) is 0 Å². The fourth-order valence-corrected chi connectivity index (χ4v) is 0.408. The van der Waals surface area contributed by atoms with Crippen LogP contribution in [-0.4, -0.2) is 12.9 Å². The predicted octanol–water partition coefficient (Wildman–Crippen LogP) is 0.949. The molecule has 1 rings (SSSR count). The summed E-state index contributed by atoms with van der Waals surface area (Å²) in [5.74, 6) is 0. The lowest BCUT2D eigenvalue weighted by molar-refractivity contribution is 0.475. The molecule has 0 radical (unpaired) electrons. The van der Waals surface area contributed by atoms with Crippen molar-refractivity contribution in [3.05, 3.63) is 11.8 Å². The first-order chi connectivity index (χ1) is 3.39. The first-order valence-corrected chi connectivity index (χ1v) is 2.19. The van der Waals surface area contributed by atoms with Gasteiger partial charge in [-0.05, 0) is 12.5 Å². The van der Waals surface area contributed by atoms with Crippen LogP contribution in [0.25, 0.3) is 0 Å². The Balaban J connectivity index is 2.50. The molecule has 0 N–H and O–H groups in total. The van der Waals surface area contributed by atoms with E-state index in [4.69, 9.17) is 4.74 Å². The summed E-state index contributed by atoms with van der Waals surface area (Å²) in [5, 5.41) is 0. The van der Waals surface area contributed by atoms with Crippen LogP contribution in [0.1, 0.15) is 6.92 Å². The maximum Gasteiger partial charge on any atom is 0.176 e. The maximum absolute atomic E-state index is 4.73. The van der Waals surface area contributed by atoms with Gasteiger partial charge >= 0.3 is 0 Å². The second kappa shape index (κ2) is 1.78. The third-order valence-corrected chi connectivity index (χ3v) is 0.745. The summed E-state index contributed by atoms with van der Waals surface area (Å²) in [4.78, 5) is 3.84. The highest BCUT2D eigenvalue weighted by atomic mass is 16.5. The quantitative estimate of drug-likeness (QED) is 0.441. The average Bonchev–Trinajstić information content (AvgIpc) is 1.69. The van der Waals surface area contributed by atoms with Crippen molar-refractivity contribution in [2.75, 3.05) is 6.54 Å². The Morgan fingerprint density at radius 1 is 1.86 bits per heavy atom. The van der Waals surface area contributed by atoms with Crippen LogP contribution in [0.15, 0.2) is 16.8 Å². The summed E-state index contributed by atoms with van der Waals surface area (Å²) in [7, 11) is 0. The van der Waals surface area contributed by atoms with Crippen molar-refractivity contribution in [2.45, 2.75) is 6.92 Å². The zero-order chi connectivity index (χ0) is 5.11. The Labute approximate surface area is 42.5 Å². The normalized spacial score (nSPS) is 18.1. The van der Waals surface area contributed by atoms with Crippen LogP contribution in [0.5, 0.6) is 0 Å². The zero-order valence-corrected chi connectivity index (χ0v) is 4.22. The molecule has 1 aliphatic rings. The molecule has 0 saturated carbocycles. The van der Waals surface area contributed by atoms with E-state index < -0.39 is 0 Å². The van der Waals surface area contributed by atoms with Crippen LogP contribution < -0.4 is 0 Å². The number of aliphatic imine (C=N–C) groups is 1. The second-order valence-corrected chi connectivity index (χ2v) is 1.55. The smallest absolute Gasteiger partial charge is 0.176 e. The summed E-state index contributed by atoms with van der Waals surface area (Å²) >= 11 is 0. The number of ether oxygens (including phenoxy) is 1. The molecule has 0 atom stereocenters. The van der Waals surface area contributed by atoms with Crippen molar-refractivity contribution in [1.82, 2.24) is 0 Å². The number of nitrogens with zero attached hydrogens (tertiary/aromatic N) is 1. The van der Waals surface area contributed by atoms with Crippen molar-refractivity contribution in [2.24, 2.45) is 4.99 Å². The Kier molecular flexibility index (Phi) is 1.11. The zero-order valence-electron chi connectivity index (χ0n) is 4.22. The van der Waals surface area contributed by atoms with Gasteiger partial charge < -0.3 is 4.74 Å². The van der Waals surface area contributed by atoms with E-state index in [0.717, 1.165) is 6.54 Å². The molecular formula is C5H7NO. The minimum atomic E-state index is 0.792. The van der Waals surface area contributed by atoms with E-state index in [1.807, 2.05) is 6.92 Å². The van der Waals surface area contributed by atoms with Crippen molar-refractivity contribution < 1.29 is 4.74 Å². The minimum absolute atomic E-state index is 0.792. The number of rotatable bonds is 0. The lowest BCUT2D eigenvalue weighted by Gasteiger charge is -1.99. The van der Waals surface area contributed by atoms with E-state index in [9.17, 15) is 0 Å². The van der Waals surface area contributed by atoms with Gasteiger partial charge in [0.2, 0.25) is 0 Å². The summed E-state index contributed by atoms with van der Waals surface area (Å²) in [6.45, 7) is 2.77. The molecule has 0 aromatic carbocycles. The Morgan fingerprint density at radius 3 is 3.00 bits per heavy atom. The van der Waals surface area contributed by atoms with E-state index in [1.54, 1.807) is 6.26 Å². The topological polar surface area (TPSA) is 21.6 Å². The maximum atomic E-state index is 4.73. The molecule has 1 aliphatic heterocycles. The van der Waals surface area contributed by atoms with Gasteiger partial charge in [-0.25, -0.2) is 0 Å². The predicted molar refractivity (Wildman–Crippen MR) is 28.2 cm³/mol. The third kappa shape index (κ3) is 1.03. The molecule has 0 aromatic heterocycles. The van der Waals surface area contributed by atoms with E-state index in [0.29, 0.717) is 0 Å². The largest absolute Gasteiger partial charge is 0.454 e. The first kappa shape index (κ1) is 4.37. The van der Waals surface area contributed by atoms with Gasteiger partial charge in [0.1, 0.15) is 0 Å². The first-order valence-electron chi connectivity index (χ1n) is 2.19. The Bertz CT molecular complexity index is 115. The third-order valence-electron chi connectivity index (χ3n) is 0.745. The van der Waals surface area contributed by atoms with E-state index >= 15 is 0 Å². The molecule has 38 valence electrons. The number of hydrogen-bond donors (Lipinski definition) is 0. The molecule has 0 bridgehead atoms. The van der Waals surface area contributed by atoms with Crippen LogP contribution in [0, 0.1) is 0 Å². The standard InChI is InChI=1S/C5H7NO/c1-5-2-6-4-7-3-5/h3-4H,2H2,1H3. The van der Waals surface area contributed by atoms with Gasteiger partial charge in [0.05, 0.1) is 12.8 Å². The lowest BCUT2D eigenvalue weighted by Crippen LogP contribution is -1.92. The Morgan fingerprint density at radius 2 is 2.71 bits per heavy atom. The van der Waals surface area contributed by atoms with Crippen molar-refractivity contribution in [3.8, 4) is 0 Å². The Hall–Kier alpha value is -0.790.